The molecule has 6 atom stereocenters. The number of aliphatic hydroxyl groups excluding tert-OH is 2. The molecule has 3 aromatic rings. The molecule has 3 aliphatic rings. The number of fused-ring (bicyclic) bond motifs is 2. The summed E-state index contributed by atoms with van der Waals surface area (Å²) in [6.45, 7) is 18.9. The Morgan fingerprint density at radius 2 is 1.60 bits per heavy atom. The highest BCUT2D eigenvalue weighted by atomic mass is 16.7. The summed E-state index contributed by atoms with van der Waals surface area (Å²) in [4.78, 5) is 34.6. The quantitative estimate of drug-likeness (QED) is 0.0481. The molecule has 0 saturated heterocycles. The minimum absolute atomic E-state index is 0.0170. The molecule has 2 aromatic carbocycles. The Hall–Kier alpha value is -5.31. The van der Waals surface area contributed by atoms with Crippen LogP contribution < -0.4 is 9.47 Å². The fourth-order valence-electron chi connectivity index (χ4n) is 9.07. The van der Waals surface area contributed by atoms with E-state index in [2.05, 4.69) is 29.5 Å². The van der Waals surface area contributed by atoms with Crippen LogP contribution in [-0.4, -0.2) is 86.3 Å². The molecule has 0 spiro atoms. The SMILES string of the molecule is C=CCOc1ccc2c(c1)C1C(CCCCO)C(CCCCO)C=C3C(=NOCc4ccccc4)CC(n4nnc(C(=O)OC(C)(C)C)c4C(=O)OC(C)(C)C)C(OCC=C)(O2)C31. The van der Waals surface area contributed by atoms with Crippen molar-refractivity contribution in [3.63, 3.8) is 0 Å². The van der Waals surface area contributed by atoms with Crippen LogP contribution in [0.5, 0.6) is 11.5 Å². The number of carbonyl (C=O) groups excluding carboxylic acids is 2. The number of aliphatic hydroxyl groups is 2. The Kier molecular flexibility index (Phi) is 15.3. The van der Waals surface area contributed by atoms with Gasteiger partial charge in [0.15, 0.2) is 5.69 Å². The number of aromatic nitrogens is 3. The first-order chi connectivity index (χ1) is 30.1. The van der Waals surface area contributed by atoms with Gasteiger partial charge in [0.2, 0.25) is 11.5 Å². The highest BCUT2D eigenvalue weighted by Crippen LogP contribution is 2.63. The highest BCUT2D eigenvalue weighted by molar-refractivity contribution is 6.03. The van der Waals surface area contributed by atoms with E-state index in [1.54, 1.807) is 53.7 Å². The van der Waals surface area contributed by atoms with Gasteiger partial charge >= 0.3 is 11.9 Å². The lowest BCUT2D eigenvalue weighted by Gasteiger charge is -2.58. The smallest absolute Gasteiger partial charge is 0.362 e. The molecule has 0 radical (unpaired) electrons. The van der Waals surface area contributed by atoms with Gasteiger partial charge < -0.3 is 38.7 Å². The van der Waals surface area contributed by atoms with Gasteiger partial charge in [0.1, 0.15) is 42.0 Å². The molecule has 14 heteroatoms. The summed E-state index contributed by atoms with van der Waals surface area (Å²) in [6.07, 6.45) is 10.0. The number of esters is 2. The van der Waals surface area contributed by atoms with Crippen LogP contribution in [0.2, 0.25) is 0 Å². The van der Waals surface area contributed by atoms with Gasteiger partial charge in [-0.05, 0) is 108 Å². The van der Waals surface area contributed by atoms with Crippen LogP contribution in [0.15, 0.2) is 90.6 Å². The number of ether oxygens (including phenoxy) is 5. The van der Waals surface area contributed by atoms with Crippen molar-refractivity contribution in [3.05, 3.63) is 108 Å². The second-order valence-corrected chi connectivity index (χ2v) is 18.4. The predicted octanol–water partition coefficient (Wildman–Crippen LogP) is 8.46. The average molecular weight is 869 g/mol. The number of nitrogens with zero attached hydrogens (tertiary/aromatic N) is 4. The molecule has 63 heavy (non-hydrogen) atoms. The molecular formula is C49H64N4O10. The normalized spacial score (nSPS) is 23.4. The highest BCUT2D eigenvalue weighted by Gasteiger charge is 2.65. The maximum atomic E-state index is 14.5. The third-order valence-electron chi connectivity index (χ3n) is 11.4. The van der Waals surface area contributed by atoms with Crippen molar-refractivity contribution in [1.82, 2.24) is 15.0 Å². The first-order valence-corrected chi connectivity index (χ1v) is 22.0. The summed E-state index contributed by atoms with van der Waals surface area (Å²) in [5.41, 5.74) is 0.850. The van der Waals surface area contributed by atoms with E-state index in [0.29, 0.717) is 36.7 Å². The zero-order chi connectivity index (χ0) is 45.4. The van der Waals surface area contributed by atoms with Crippen molar-refractivity contribution in [2.24, 2.45) is 22.9 Å². The maximum Gasteiger partial charge on any atom is 0.362 e. The van der Waals surface area contributed by atoms with Gasteiger partial charge in [0.05, 0.1) is 18.2 Å². The first-order valence-electron chi connectivity index (χ1n) is 22.0. The van der Waals surface area contributed by atoms with E-state index in [9.17, 15) is 19.8 Å². The third kappa shape index (κ3) is 10.9. The summed E-state index contributed by atoms with van der Waals surface area (Å²) < 4.78 is 33.6. The van der Waals surface area contributed by atoms with Crippen LogP contribution in [-0.2, 0) is 25.7 Å². The van der Waals surface area contributed by atoms with Gasteiger partial charge in [-0.3, -0.25) is 0 Å². The number of rotatable bonds is 20. The van der Waals surface area contributed by atoms with E-state index < -0.39 is 40.9 Å². The summed E-state index contributed by atoms with van der Waals surface area (Å²) in [5.74, 6) is -3.01. The second kappa shape index (κ2) is 20.5. The predicted molar refractivity (Wildman–Crippen MR) is 237 cm³/mol. The van der Waals surface area contributed by atoms with E-state index in [1.165, 1.54) is 4.68 Å². The largest absolute Gasteiger partial charge is 0.490 e. The fourth-order valence-corrected chi connectivity index (χ4v) is 9.07. The molecule has 14 nitrogen and oxygen atoms in total. The molecule has 1 saturated carbocycles. The first kappa shape index (κ1) is 47.2. The third-order valence-corrected chi connectivity index (χ3v) is 11.4. The fraction of sp³-hybridized carbons (Fsp3) is 0.531. The lowest BCUT2D eigenvalue weighted by molar-refractivity contribution is -0.252. The van der Waals surface area contributed by atoms with Crippen LogP contribution in [0.4, 0.5) is 0 Å². The number of hydrogen-bond donors (Lipinski definition) is 2. The molecule has 2 aliphatic carbocycles. The minimum Gasteiger partial charge on any atom is -0.490 e. The molecule has 2 N–H and O–H groups in total. The zero-order valence-electron chi connectivity index (χ0n) is 37.6. The van der Waals surface area contributed by atoms with E-state index in [1.807, 2.05) is 48.5 Å². The Morgan fingerprint density at radius 1 is 0.921 bits per heavy atom. The van der Waals surface area contributed by atoms with E-state index in [-0.39, 0.29) is 62.0 Å². The number of carbonyl (C=O) groups is 2. The van der Waals surface area contributed by atoms with Crippen molar-refractivity contribution >= 4 is 17.7 Å². The van der Waals surface area contributed by atoms with Crippen LogP contribution in [0.25, 0.3) is 0 Å². The number of oxime groups is 1. The van der Waals surface area contributed by atoms with Crippen molar-refractivity contribution in [3.8, 4) is 11.5 Å². The molecule has 0 bridgehead atoms. The average Bonchev–Trinajstić information content (AvgIpc) is 3.68. The summed E-state index contributed by atoms with van der Waals surface area (Å²) in [7, 11) is 0. The monoisotopic (exact) mass is 868 g/mol. The zero-order valence-corrected chi connectivity index (χ0v) is 37.6. The van der Waals surface area contributed by atoms with Crippen LogP contribution in [0.3, 0.4) is 0 Å². The molecule has 1 aliphatic heterocycles. The van der Waals surface area contributed by atoms with Crippen molar-refractivity contribution < 1.29 is 48.3 Å². The van der Waals surface area contributed by atoms with Gasteiger partial charge in [0.25, 0.3) is 0 Å². The molecular weight excluding hydrogens is 805 g/mol. The van der Waals surface area contributed by atoms with Crippen molar-refractivity contribution in [2.75, 3.05) is 26.4 Å². The standard InChI is InChI=1S/C49H64N4O10/c1-9-26-58-34-22-23-39-37(29-34)41-35(21-15-17-25-55)33(20-14-16-24-54)28-36-38(51-60-31-32-18-12-11-13-19-32)30-40(49(61-39,42(36)41)59-27-10-2)53-44(46(57)63-48(6,7)8)43(50-52-53)45(56)62-47(3,4)5/h9-13,18-19,22-23,28-29,33,35,40-42,54-55H,1-2,14-17,20-21,24-27,30-31H2,3-8H3. The second-order valence-electron chi connectivity index (χ2n) is 18.4. The number of allylic oxidation sites excluding steroid dienone is 1. The van der Waals surface area contributed by atoms with Crippen LogP contribution in [0, 0.1) is 17.8 Å². The topological polar surface area (TPSA) is 173 Å². The molecule has 1 aromatic heterocycles. The Bertz CT molecular complexity index is 2130. The van der Waals surface area contributed by atoms with Gasteiger partial charge in [-0.25, -0.2) is 14.3 Å². The van der Waals surface area contributed by atoms with Crippen LogP contribution >= 0.6 is 0 Å². The van der Waals surface area contributed by atoms with Crippen molar-refractivity contribution in [1.29, 1.82) is 0 Å². The molecule has 0 amide bonds. The summed E-state index contributed by atoms with van der Waals surface area (Å²) >= 11 is 0. The number of hydrogen-bond acceptors (Lipinski definition) is 13. The molecule has 6 unspecified atom stereocenters. The Balaban J connectivity index is 1.65. The van der Waals surface area contributed by atoms with E-state index in [4.69, 9.17) is 33.7 Å². The lowest BCUT2D eigenvalue weighted by Crippen LogP contribution is -2.63. The number of benzene rings is 2. The number of unbranched alkanes of at least 4 members (excludes halogenated alkanes) is 2. The van der Waals surface area contributed by atoms with Gasteiger partial charge in [-0.1, -0.05) is 78.3 Å². The molecule has 6 rings (SSSR count). The minimum atomic E-state index is -1.61. The maximum absolute atomic E-state index is 14.5. The Morgan fingerprint density at radius 3 is 2.27 bits per heavy atom. The van der Waals surface area contributed by atoms with Crippen molar-refractivity contribution in [2.45, 2.75) is 122 Å². The van der Waals surface area contributed by atoms with Crippen LogP contribution in [0.1, 0.15) is 131 Å². The molecule has 340 valence electrons. The summed E-state index contributed by atoms with van der Waals surface area (Å²) in [5, 5.41) is 33.7. The van der Waals surface area contributed by atoms with Gasteiger partial charge in [0, 0.05) is 31.1 Å². The van der Waals surface area contributed by atoms with Gasteiger partial charge in [-0.2, -0.15) is 0 Å². The van der Waals surface area contributed by atoms with E-state index >= 15 is 0 Å². The lowest BCUT2D eigenvalue weighted by atomic mass is 9.55. The van der Waals surface area contributed by atoms with E-state index in [0.717, 1.165) is 42.4 Å². The van der Waals surface area contributed by atoms with Gasteiger partial charge in [-0.15, -0.1) is 11.7 Å². The Labute approximate surface area is 370 Å². The molecule has 2 heterocycles. The molecule has 1 fully saturated rings. The summed E-state index contributed by atoms with van der Waals surface area (Å²) in [6, 6.07) is 14.5.